The number of carbonyl (C=O) groups excluding carboxylic acids is 1. The van der Waals surface area contributed by atoms with Crippen LogP contribution in [0.1, 0.15) is 21.9 Å². The molecular formula is C18H15N5O. The molecule has 0 bridgehead atoms. The topological polar surface area (TPSA) is 72.2 Å². The average molecular weight is 317 g/mol. The molecule has 1 N–H and O–H groups in total. The van der Waals surface area contributed by atoms with Gasteiger partial charge in [0.2, 0.25) is 0 Å². The number of nitrogens with zero attached hydrogens (tertiary/aromatic N) is 4. The van der Waals surface area contributed by atoms with Crippen molar-refractivity contribution >= 4 is 28.3 Å². The van der Waals surface area contributed by atoms with Gasteiger partial charge in [-0.1, -0.05) is 24.3 Å². The van der Waals surface area contributed by atoms with Crippen molar-refractivity contribution in [2.45, 2.75) is 13.8 Å². The van der Waals surface area contributed by atoms with Crippen LogP contribution in [0.25, 0.3) is 16.7 Å². The minimum atomic E-state index is -0.302. The van der Waals surface area contributed by atoms with Crippen molar-refractivity contribution < 1.29 is 4.79 Å². The minimum absolute atomic E-state index is 0.260. The second-order valence-corrected chi connectivity index (χ2v) is 5.68. The minimum Gasteiger partial charge on any atom is -0.321 e. The number of hydrogen-bond donors (Lipinski definition) is 1. The predicted octanol–water partition coefficient (Wildman–Crippen LogP) is 3.15. The van der Waals surface area contributed by atoms with Gasteiger partial charge in [0, 0.05) is 5.69 Å². The van der Waals surface area contributed by atoms with Crippen molar-refractivity contribution in [2.75, 3.05) is 5.32 Å². The molecule has 0 radical (unpaired) electrons. The van der Waals surface area contributed by atoms with Crippen LogP contribution >= 0.6 is 0 Å². The van der Waals surface area contributed by atoms with Crippen LogP contribution in [0.3, 0.4) is 0 Å². The third kappa shape index (κ3) is 2.28. The van der Waals surface area contributed by atoms with E-state index < -0.39 is 0 Å². The number of rotatable bonds is 2. The highest BCUT2D eigenvalue weighted by Gasteiger charge is 2.18. The van der Waals surface area contributed by atoms with Crippen molar-refractivity contribution in [3.05, 3.63) is 65.6 Å². The lowest BCUT2D eigenvalue weighted by Crippen LogP contribution is -2.16. The molecule has 0 saturated carbocycles. The van der Waals surface area contributed by atoms with Gasteiger partial charge in [-0.3, -0.25) is 9.20 Å². The van der Waals surface area contributed by atoms with Crippen molar-refractivity contribution in [1.82, 2.24) is 19.6 Å². The summed E-state index contributed by atoms with van der Waals surface area (Å²) in [4.78, 5) is 17.2. The largest absolute Gasteiger partial charge is 0.321 e. The molecule has 4 rings (SSSR count). The summed E-state index contributed by atoms with van der Waals surface area (Å²) in [5, 5.41) is 11.1. The van der Waals surface area contributed by atoms with E-state index in [0.717, 1.165) is 22.3 Å². The number of aromatic nitrogens is 4. The van der Waals surface area contributed by atoms with Gasteiger partial charge in [0.1, 0.15) is 5.82 Å². The number of nitrogens with one attached hydrogen (secondary N) is 1. The highest BCUT2D eigenvalue weighted by molar-refractivity contribution is 6.08. The molecule has 0 atom stereocenters. The van der Waals surface area contributed by atoms with E-state index in [2.05, 4.69) is 20.5 Å². The maximum absolute atomic E-state index is 12.7. The molecule has 0 saturated heterocycles. The number of amides is 1. The fourth-order valence-corrected chi connectivity index (χ4v) is 2.79. The molecule has 0 unspecified atom stereocenters. The lowest BCUT2D eigenvalue weighted by molar-refractivity contribution is 0.102. The molecule has 6 heteroatoms. The number of hydrogen-bond acceptors (Lipinski definition) is 4. The Morgan fingerprint density at radius 1 is 1.04 bits per heavy atom. The van der Waals surface area contributed by atoms with E-state index in [1.54, 1.807) is 0 Å². The van der Waals surface area contributed by atoms with Crippen molar-refractivity contribution in [3.63, 3.8) is 0 Å². The zero-order valence-electron chi connectivity index (χ0n) is 13.3. The maximum Gasteiger partial charge on any atom is 0.278 e. The van der Waals surface area contributed by atoms with Gasteiger partial charge in [-0.2, -0.15) is 0 Å². The summed E-state index contributed by atoms with van der Waals surface area (Å²) in [6.07, 6.45) is 0. The van der Waals surface area contributed by atoms with Gasteiger partial charge < -0.3 is 5.32 Å². The highest BCUT2D eigenvalue weighted by atomic mass is 16.1. The number of carbonyl (C=O) groups is 1. The third-order valence-electron chi connectivity index (χ3n) is 3.88. The summed E-state index contributed by atoms with van der Waals surface area (Å²) in [5.41, 5.74) is 4.11. The Balaban J connectivity index is 1.87. The van der Waals surface area contributed by atoms with E-state index in [1.165, 1.54) is 0 Å². The van der Waals surface area contributed by atoms with Crippen molar-refractivity contribution in [1.29, 1.82) is 0 Å². The maximum atomic E-state index is 12.7. The molecule has 0 fully saturated rings. The van der Waals surface area contributed by atoms with E-state index in [1.807, 2.05) is 66.8 Å². The molecule has 2 heterocycles. The van der Waals surface area contributed by atoms with Gasteiger partial charge in [-0.15, -0.1) is 10.2 Å². The first kappa shape index (κ1) is 14.3. The molecule has 2 aromatic carbocycles. The normalized spacial score (nSPS) is 11.1. The van der Waals surface area contributed by atoms with Crippen LogP contribution in [-0.2, 0) is 0 Å². The summed E-state index contributed by atoms with van der Waals surface area (Å²) in [6.45, 7) is 3.83. The van der Waals surface area contributed by atoms with E-state index in [-0.39, 0.29) is 11.6 Å². The fraction of sp³-hybridized carbons (Fsp3) is 0.111. The molecule has 4 aromatic rings. The molecule has 0 aliphatic carbocycles. The Morgan fingerprint density at radius 2 is 1.88 bits per heavy atom. The van der Waals surface area contributed by atoms with E-state index in [9.17, 15) is 4.79 Å². The van der Waals surface area contributed by atoms with Gasteiger partial charge in [0.25, 0.3) is 5.91 Å². The Hall–Kier alpha value is -3.28. The van der Waals surface area contributed by atoms with Crippen LogP contribution < -0.4 is 5.32 Å². The van der Waals surface area contributed by atoms with Crippen molar-refractivity contribution in [3.8, 4) is 0 Å². The standard InChI is InChI=1S/C18H15N5O/c1-11-6-5-7-13(10-11)19-18(24)16-17-22-21-12(2)23(17)15-9-4-3-8-14(15)20-16/h3-10H,1-2H3,(H,19,24). The van der Waals surface area contributed by atoms with E-state index in [0.29, 0.717) is 11.5 Å². The number of aryl methyl sites for hydroxylation is 2. The van der Waals surface area contributed by atoms with Gasteiger partial charge in [-0.25, -0.2) is 4.98 Å². The van der Waals surface area contributed by atoms with Gasteiger partial charge in [-0.05, 0) is 43.7 Å². The molecule has 0 spiro atoms. The van der Waals surface area contributed by atoms with Gasteiger partial charge in [0.05, 0.1) is 11.0 Å². The lowest BCUT2D eigenvalue weighted by atomic mass is 10.2. The first-order valence-corrected chi connectivity index (χ1v) is 7.62. The Kier molecular flexibility index (Phi) is 3.23. The van der Waals surface area contributed by atoms with Crippen molar-refractivity contribution in [2.24, 2.45) is 0 Å². The first-order valence-electron chi connectivity index (χ1n) is 7.62. The highest BCUT2D eigenvalue weighted by Crippen LogP contribution is 2.19. The molecule has 2 aromatic heterocycles. The summed E-state index contributed by atoms with van der Waals surface area (Å²) < 4.78 is 1.85. The predicted molar refractivity (Wildman–Crippen MR) is 92.2 cm³/mol. The number of para-hydroxylation sites is 2. The summed E-state index contributed by atoms with van der Waals surface area (Å²) in [5.74, 6) is 0.414. The first-order chi connectivity index (χ1) is 11.6. The number of fused-ring (bicyclic) bond motifs is 3. The molecule has 118 valence electrons. The lowest BCUT2D eigenvalue weighted by Gasteiger charge is -2.09. The van der Waals surface area contributed by atoms with Gasteiger partial charge in [0.15, 0.2) is 11.3 Å². The summed E-state index contributed by atoms with van der Waals surface area (Å²) >= 11 is 0. The quantitative estimate of drug-likeness (QED) is 0.616. The van der Waals surface area contributed by atoms with Crippen LogP contribution in [-0.4, -0.2) is 25.5 Å². The van der Waals surface area contributed by atoms with E-state index in [4.69, 9.17) is 0 Å². The monoisotopic (exact) mass is 317 g/mol. The van der Waals surface area contributed by atoms with Gasteiger partial charge >= 0.3 is 0 Å². The summed E-state index contributed by atoms with van der Waals surface area (Å²) in [7, 11) is 0. The number of benzene rings is 2. The zero-order valence-corrected chi connectivity index (χ0v) is 13.3. The molecular weight excluding hydrogens is 302 g/mol. The van der Waals surface area contributed by atoms with Crippen LogP contribution in [0, 0.1) is 13.8 Å². The molecule has 0 aliphatic heterocycles. The third-order valence-corrected chi connectivity index (χ3v) is 3.88. The van der Waals surface area contributed by atoms with E-state index >= 15 is 0 Å². The molecule has 0 aliphatic rings. The SMILES string of the molecule is Cc1cccc(NC(=O)c2nc3ccccc3n3c(C)nnc23)c1. The van der Waals surface area contributed by atoms with Crippen LogP contribution in [0.15, 0.2) is 48.5 Å². The van der Waals surface area contributed by atoms with Crippen LogP contribution in [0.4, 0.5) is 5.69 Å². The zero-order chi connectivity index (χ0) is 16.7. The Bertz CT molecular complexity index is 1080. The second kappa shape index (κ2) is 5.42. The van der Waals surface area contributed by atoms with Crippen LogP contribution in [0.5, 0.6) is 0 Å². The average Bonchev–Trinajstić information content (AvgIpc) is 2.96. The second-order valence-electron chi connectivity index (χ2n) is 5.68. The Labute approximate surface area is 138 Å². The fourth-order valence-electron chi connectivity index (χ4n) is 2.79. The van der Waals surface area contributed by atoms with Crippen LogP contribution in [0.2, 0.25) is 0 Å². The summed E-state index contributed by atoms with van der Waals surface area (Å²) in [6, 6.07) is 15.3. The molecule has 24 heavy (non-hydrogen) atoms. The molecule has 1 amide bonds. The smallest absolute Gasteiger partial charge is 0.278 e. The number of anilines is 1. The Morgan fingerprint density at radius 3 is 2.71 bits per heavy atom. The molecule has 6 nitrogen and oxygen atoms in total.